The predicted octanol–water partition coefficient (Wildman–Crippen LogP) is 1.69. The quantitative estimate of drug-likeness (QED) is 0.513. The summed E-state index contributed by atoms with van der Waals surface area (Å²) < 4.78 is 26.5. The number of hydrogen-bond acceptors (Lipinski definition) is 6. The third-order valence-corrected chi connectivity index (χ3v) is 6.36. The van der Waals surface area contributed by atoms with E-state index in [1.54, 1.807) is 11.8 Å². The Morgan fingerprint density at radius 3 is 2.67 bits per heavy atom. The van der Waals surface area contributed by atoms with Crippen molar-refractivity contribution in [3.05, 3.63) is 28.3 Å². The Balaban J connectivity index is 2.49. The van der Waals surface area contributed by atoms with Gasteiger partial charge in [0, 0.05) is 35.3 Å². The van der Waals surface area contributed by atoms with Gasteiger partial charge < -0.3 is 5.73 Å². The Labute approximate surface area is 127 Å². The second-order valence-corrected chi connectivity index (χ2v) is 9.14. The number of nitrogens with two attached hydrogens (primary N) is 1. The monoisotopic (exact) mass is 331 g/mol. The van der Waals surface area contributed by atoms with Crippen molar-refractivity contribution in [3.63, 3.8) is 0 Å². The molecule has 0 unspecified atom stereocenters. The highest BCUT2D eigenvalue weighted by molar-refractivity contribution is 8.00. The molecule has 2 rings (SSSR count). The highest BCUT2D eigenvalue weighted by Gasteiger charge is 2.37. The molecule has 7 nitrogen and oxygen atoms in total. The lowest BCUT2D eigenvalue weighted by atomic mass is 10.2. The number of sulfonamides is 1. The van der Waals surface area contributed by atoms with Crippen molar-refractivity contribution in [3.8, 4) is 0 Å². The van der Waals surface area contributed by atoms with Crippen molar-refractivity contribution in [2.24, 2.45) is 0 Å². The molecule has 0 spiro atoms. The molecule has 1 saturated heterocycles. The van der Waals surface area contributed by atoms with Crippen LogP contribution in [-0.2, 0) is 10.0 Å². The highest BCUT2D eigenvalue weighted by atomic mass is 32.2. The van der Waals surface area contributed by atoms with E-state index in [0.717, 1.165) is 12.1 Å². The lowest BCUT2D eigenvalue weighted by Gasteiger charge is -2.36. The first-order valence-electron chi connectivity index (χ1n) is 6.31. The van der Waals surface area contributed by atoms with Crippen LogP contribution in [0.1, 0.15) is 13.8 Å². The fraction of sp³-hybridized carbons (Fsp3) is 0.500. The smallest absolute Gasteiger partial charge is 0.289 e. The van der Waals surface area contributed by atoms with Gasteiger partial charge in [-0.25, -0.2) is 8.42 Å². The summed E-state index contributed by atoms with van der Waals surface area (Å²) in [7, 11) is -3.93. The van der Waals surface area contributed by atoms with Gasteiger partial charge in [0.15, 0.2) is 4.90 Å². The Morgan fingerprint density at radius 1 is 1.43 bits per heavy atom. The number of nitro benzene ring substituents is 1. The van der Waals surface area contributed by atoms with Gasteiger partial charge in [-0.05, 0) is 26.0 Å². The van der Waals surface area contributed by atoms with Crippen LogP contribution >= 0.6 is 11.8 Å². The fourth-order valence-corrected chi connectivity index (χ4v) is 5.31. The Hall–Kier alpha value is -1.32. The third kappa shape index (κ3) is 3.30. The minimum atomic E-state index is -3.93. The van der Waals surface area contributed by atoms with Crippen molar-refractivity contribution in [1.82, 2.24) is 4.31 Å². The van der Waals surface area contributed by atoms with Crippen LogP contribution in [0, 0.1) is 10.1 Å². The van der Waals surface area contributed by atoms with Crippen molar-refractivity contribution in [2.75, 3.05) is 24.6 Å². The molecule has 0 aliphatic carbocycles. The largest absolute Gasteiger partial charge is 0.399 e. The van der Waals surface area contributed by atoms with Gasteiger partial charge in [-0.3, -0.25) is 10.1 Å². The zero-order chi connectivity index (χ0) is 15.8. The van der Waals surface area contributed by atoms with Gasteiger partial charge in [0.2, 0.25) is 10.0 Å². The minimum absolute atomic E-state index is 0.185. The normalized spacial score (nSPS) is 19.3. The molecule has 0 atom stereocenters. The van der Waals surface area contributed by atoms with Crippen molar-refractivity contribution < 1.29 is 13.3 Å². The van der Waals surface area contributed by atoms with Gasteiger partial charge in [0.05, 0.1) is 4.92 Å². The van der Waals surface area contributed by atoms with Crippen LogP contribution in [0.5, 0.6) is 0 Å². The number of nitrogens with zero attached hydrogens (tertiary/aromatic N) is 2. The highest BCUT2D eigenvalue weighted by Crippen LogP contribution is 2.35. The molecule has 1 heterocycles. The Bertz CT molecular complexity index is 673. The summed E-state index contributed by atoms with van der Waals surface area (Å²) in [6, 6.07) is 3.61. The molecular weight excluding hydrogens is 314 g/mol. The summed E-state index contributed by atoms with van der Waals surface area (Å²) in [5.74, 6) is 0.655. The maximum atomic E-state index is 12.7. The number of nitrogen functional groups attached to an aromatic ring is 1. The lowest BCUT2D eigenvalue weighted by molar-refractivity contribution is -0.387. The van der Waals surface area contributed by atoms with Crippen LogP contribution in [0.25, 0.3) is 0 Å². The molecule has 1 aromatic carbocycles. The molecule has 2 N–H and O–H groups in total. The molecule has 116 valence electrons. The average molecular weight is 331 g/mol. The molecule has 21 heavy (non-hydrogen) atoms. The van der Waals surface area contributed by atoms with Crippen molar-refractivity contribution >= 4 is 33.2 Å². The SMILES string of the molecule is CC1(C)CN(S(=O)(=O)c2cc(N)ccc2[N+](=O)[O-])CCS1. The van der Waals surface area contributed by atoms with E-state index in [1.807, 2.05) is 13.8 Å². The molecule has 9 heteroatoms. The van der Waals surface area contributed by atoms with Crippen LogP contribution in [0.2, 0.25) is 0 Å². The molecule has 1 fully saturated rings. The number of rotatable bonds is 3. The van der Waals surface area contributed by atoms with E-state index >= 15 is 0 Å². The molecule has 0 bridgehead atoms. The van der Waals surface area contributed by atoms with E-state index in [1.165, 1.54) is 10.4 Å². The molecule has 1 aliphatic heterocycles. The second-order valence-electron chi connectivity index (χ2n) is 5.43. The number of hydrogen-bond donors (Lipinski definition) is 1. The lowest BCUT2D eigenvalue weighted by Crippen LogP contribution is -2.46. The summed E-state index contributed by atoms with van der Waals surface area (Å²) in [6.45, 7) is 4.55. The molecule has 0 aromatic heterocycles. The Morgan fingerprint density at radius 2 is 2.10 bits per heavy atom. The predicted molar refractivity (Wildman–Crippen MR) is 82.8 cm³/mol. The van der Waals surface area contributed by atoms with E-state index in [-0.39, 0.29) is 15.3 Å². The van der Waals surface area contributed by atoms with E-state index < -0.39 is 20.6 Å². The topological polar surface area (TPSA) is 107 Å². The van der Waals surface area contributed by atoms with E-state index in [2.05, 4.69) is 0 Å². The van der Waals surface area contributed by atoms with Crippen LogP contribution in [0.4, 0.5) is 11.4 Å². The van der Waals surface area contributed by atoms with Crippen LogP contribution < -0.4 is 5.73 Å². The summed E-state index contributed by atoms with van der Waals surface area (Å²) in [6.07, 6.45) is 0. The minimum Gasteiger partial charge on any atom is -0.399 e. The van der Waals surface area contributed by atoms with Gasteiger partial charge in [0.1, 0.15) is 0 Å². The van der Waals surface area contributed by atoms with Crippen LogP contribution in [-0.4, -0.2) is 41.2 Å². The number of thioether (sulfide) groups is 1. The van der Waals surface area contributed by atoms with Gasteiger partial charge in [-0.15, -0.1) is 0 Å². The maximum absolute atomic E-state index is 12.7. The van der Waals surface area contributed by atoms with E-state index in [4.69, 9.17) is 5.73 Å². The first-order valence-corrected chi connectivity index (χ1v) is 8.74. The number of benzene rings is 1. The molecule has 1 aromatic rings. The molecule has 1 aliphatic rings. The van der Waals surface area contributed by atoms with Gasteiger partial charge in [-0.1, -0.05) is 0 Å². The van der Waals surface area contributed by atoms with Gasteiger partial charge in [-0.2, -0.15) is 16.1 Å². The fourth-order valence-electron chi connectivity index (χ4n) is 2.21. The zero-order valence-corrected chi connectivity index (χ0v) is 13.4. The number of anilines is 1. The van der Waals surface area contributed by atoms with Crippen LogP contribution in [0.15, 0.2) is 23.1 Å². The zero-order valence-electron chi connectivity index (χ0n) is 11.8. The first kappa shape index (κ1) is 16.1. The number of nitro groups is 1. The Kier molecular flexibility index (Phi) is 4.18. The standard InChI is InChI=1S/C12H17N3O4S2/c1-12(2)8-14(5-6-20-12)21(18,19)11-7-9(13)3-4-10(11)15(16)17/h3-4,7H,5-6,8,13H2,1-2H3. The van der Waals surface area contributed by atoms with Gasteiger partial charge in [0.25, 0.3) is 5.69 Å². The van der Waals surface area contributed by atoms with E-state index in [0.29, 0.717) is 18.8 Å². The first-order chi connectivity index (χ1) is 9.63. The van der Waals surface area contributed by atoms with Crippen molar-refractivity contribution in [1.29, 1.82) is 0 Å². The van der Waals surface area contributed by atoms with Crippen molar-refractivity contribution in [2.45, 2.75) is 23.5 Å². The van der Waals surface area contributed by atoms with Crippen LogP contribution in [0.3, 0.4) is 0 Å². The second kappa shape index (κ2) is 5.47. The summed E-state index contributed by atoms with van der Waals surface area (Å²) in [4.78, 5) is 10.0. The molecule has 0 saturated carbocycles. The third-order valence-electron chi connectivity index (χ3n) is 3.19. The molecular formula is C12H17N3O4S2. The van der Waals surface area contributed by atoms with E-state index in [9.17, 15) is 18.5 Å². The molecule has 0 radical (unpaired) electrons. The molecule has 0 amide bonds. The average Bonchev–Trinajstić information content (AvgIpc) is 2.37. The summed E-state index contributed by atoms with van der Waals surface area (Å²) in [5, 5.41) is 11.1. The maximum Gasteiger partial charge on any atom is 0.289 e. The summed E-state index contributed by atoms with van der Waals surface area (Å²) in [5.41, 5.74) is 5.34. The summed E-state index contributed by atoms with van der Waals surface area (Å²) >= 11 is 1.68. The van der Waals surface area contributed by atoms with Gasteiger partial charge >= 0.3 is 0 Å².